The predicted molar refractivity (Wildman–Crippen MR) is 159 cm³/mol. The standard InChI is InChI=1S/C34H65O2/c1-4-6-8-10-12-14-16-18-20-22-24-26-28-30-33(35)32(3)34(36)31-29-27-25-23-21-19-17-15-13-11-9-7-5-2/h32H,3-31H2,1-2H3. The molecule has 0 amide bonds. The summed E-state index contributed by atoms with van der Waals surface area (Å²) in [5, 5.41) is 0. The summed E-state index contributed by atoms with van der Waals surface area (Å²) in [6.07, 6.45) is 35.0. The summed E-state index contributed by atoms with van der Waals surface area (Å²) in [6.45, 7) is 8.44. The summed E-state index contributed by atoms with van der Waals surface area (Å²) in [7, 11) is 0. The van der Waals surface area contributed by atoms with Gasteiger partial charge in [-0.2, -0.15) is 0 Å². The van der Waals surface area contributed by atoms with Crippen LogP contribution in [0.25, 0.3) is 0 Å². The highest BCUT2D eigenvalue weighted by Gasteiger charge is 2.20. The van der Waals surface area contributed by atoms with E-state index in [4.69, 9.17) is 0 Å². The maximum atomic E-state index is 12.3. The van der Waals surface area contributed by atoms with Crippen LogP contribution in [0.2, 0.25) is 0 Å². The number of rotatable bonds is 30. The molecule has 0 saturated heterocycles. The topological polar surface area (TPSA) is 34.1 Å². The highest BCUT2D eigenvalue weighted by Crippen LogP contribution is 2.16. The maximum Gasteiger partial charge on any atom is 0.143 e. The van der Waals surface area contributed by atoms with E-state index in [0.717, 1.165) is 25.7 Å². The first-order chi connectivity index (χ1) is 17.6. The Kier molecular flexibility index (Phi) is 28.4. The molecule has 0 aromatic carbocycles. The lowest BCUT2D eigenvalue weighted by molar-refractivity contribution is -0.131. The van der Waals surface area contributed by atoms with E-state index in [9.17, 15) is 9.59 Å². The maximum absolute atomic E-state index is 12.3. The highest BCUT2D eigenvalue weighted by molar-refractivity contribution is 6.02. The van der Waals surface area contributed by atoms with E-state index in [0.29, 0.717) is 12.8 Å². The molecule has 0 bridgehead atoms. The van der Waals surface area contributed by atoms with Crippen molar-refractivity contribution in [2.75, 3.05) is 0 Å². The Labute approximate surface area is 227 Å². The minimum atomic E-state index is -0.625. The monoisotopic (exact) mass is 505 g/mol. The van der Waals surface area contributed by atoms with Crippen LogP contribution in [0.3, 0.4) is 0 Å². The zero-order valence-electron chi connectivity index (χ0n) is 24.9. The number of hydrogen-bond donors (Lipinski definition) is 0. The van der Waals surface area contributed by atoms with Gasteiger partial charge in [0.2, 0.25) is 0 Å². The number of carbonyl (C=O) groups is 2. The van der Waals surface area contributed by atoms with E-state index >= 15 is 0 Å². The molecule has 0 saturated carbocycles. The summed E-state index contributed by atoms with van der Waals surface area (Å²) in [4.78, 5) is 24.7. The van der Waals surface area contributed by atoms with Gasteiger partial charge in [0.05, 0.1) is 5.92 Å². The van der Waals surface area contributed by atoms with E-state index in [-0.39, 0.29) is 11.6 Å². The Morgan fingerprint density at radius 3 is 0.806 bits per heavy atom. The van der Waals surface area contributed by atoms with Crippen molar-refractivity contribution >= 4 is 11.6 Å². The average Bonchev–Trinajstić information content (AvgIpc) is 2.88. The van der Waals surface area contributed by atoms with E-state index in [2.05, 4.69) is 20.8 Å². The molecule has 0 N–H and O–H groups in total. The molecule has 213 valence electrons. The first-order valence-corrected chi connectivity index (χ1v) is 16.5. The lowest BCUT2D eigenvalue weighted by atomic mass is 9.93. The second kappa shape index (κ2) is 28.9. The van der Waals surface area contributed by atoms with E-state index in [1.807, 2.05) is 0 Å². The van der Waals surface area contributed by atoms with Gasteiger partial charge in [0.1, 0.15) is 11.6 Å². The van der Waals surface area contributed by atoms with Crippen LogP contribution >= 0.6 is 0 Å². The van der Waals surface area contributed by atoms with E-state index in [1.54, 1.807) is 0 Å². The molecule has 0 heterocycles. The molecule has 2 nitrogen and oxygen atoms in total. The van der Waals surface area contributed by atoms with Gasteiger partial charge in [0.25, 0.3) is 0 Å². The lowest BCUT2D eigenvalue weighted by Crippen LogP contribution is -2.21. The van der Waals surface area contributed by atoms with Crippen molar-refractivity contribution in [3.05, 3.63) is 6.92 Å². The Hall–Kier alpha value is -0.660. The van der Waals surface area contributed by atoms with Crippen molar-refractivity contribution in [2.24, 2.45) is 5.92 Å². The SMILES string of the molecule is [CH2]C(C(=O)CCCCCCCCCCCCCCC)C(=O)CCCCCCCCCCCCCCC. The molecule has 0 rings (SSSR count). The first kappa shape index (κ1) is 35.3. The van der Waals surface area contributed by atoms with Crippen molar-refractivity contribution in [1.29, 1.82) is 0 Å². The Balaban J connectivity index is 3.44. The molecule has 0 aliphatic carbocycles. The van der Waals surface area contributed by atoms with E-state index in [1.165, 1.54) is 141 Å². The van der Waals surface area contributed by atoms with Crippen LogP contribution in [-0.2, 0) is 9.59 Å². The van der Waals surface area contributed by atoms with Crippen LogP contribution in [-0.4, -0.2) is 11.6 Å². The van der Waals surface area contributed by atoms with Crippen LogP contribution < -0.4 is 0 Å². The molecule has 0 aromatic heterocycles. The van der Waals surface area contributed by atoms with Gasteiger partial charge >= 0.3 is 0 Å². The van der Waals surface area contributed by atoms with Gasteiger partial charge in [-0.3, -0.25) is 9.59 Å². The largest absolute Gasteiger partial charge is 0.299 e. The fourth-order valence-electron chi connectivity index (χ4n) is 5.16. The van der Waals surface area contributed by atoms with Crippen LogP contribution in [0.4, 0.5) is 0 Å². The molecule has 0 spiro atoms. The number of unbranched alkanes of at least 4 members (excludes halogenated alkanes) is 24. The second-order valence-electron chi connectivity index (χ2n) is 11.5. The predicted octanol–water partition coefficient (Wildman–Crippen LogP) is 11.5. The zero-order valence-corrected chi connectivity index (χ0v) is 24.9. The summed E-state index contributed by atoms with van der Waals surface area (Å²) < 4.78 is 0. The van der Waals surface area contributed by atoms with Crippen molar-refractivity contribution in [3.8, 4) is 0 Å². The Morgan fingerprint density at radius 1 is 0.389 bits per heavy atom. The number of ketones is 2. The molecule has 36 heavy (non-hydrogen) atoms. The van der Waals surface area contributed by atoms with Crippen molar-refractivity contribution in [1.82, 2.24) is 0 Å². The number of carbonyl (C=O) groups excluding carboxylic acids is 2. The summed E-state index contributed by atoms with van der Waals surface area (Å²) in [5.74, 6) is -0.491. The number of Topliss-reactive ketones (excluding diaryl/α,β-unsaturated/α-hetero) is 2. The van der Waals surface area contributed by atoms with Crippen LogP contribution in [0.1, 0.15) is 194 Å². The van der Waals surface area contributed by atoms with Gasteiger partial charge in [-0.1, -0.05) is 168 Å². The smallest absolute Gasteiger partial charge is 0.143 e. The van der Waals surface area contributed by atoms with Crippen molar-refractivity contribution in [3.63, 3.8) is 0 Å². The van der Waals surface area contributed by atoms with Gasteiger partial charge in [0, 0.05) is 12.8 Å². The van der Waals surface area contributed by atoms with Gasteiger partial charge in [-0.15, -0.1) is 0 Å². The van der Waals surface area contributed by atoms with Crippen LogP contribution in [0, 0.1) is 12.8 Å². The lowest BCUT2D eigenvalue weighted by Gasteiger charge is -2.09. The quantitative estimate of drug-likeness (QED) is 0.0718. The molecule has 0 aliphatic heterocycles. The summed E-state index contributed by atoms with van der Waals surface area (Å²) in [6, 6.07) is 0. The third-order valence-electron chi connectivity index (χ3n) is 7.83. The van der Waals surface area contributed by atoms with Crippen LogP contribution in [0.15, 0.2) is 0 Å². The fourth-order valence-corrected chi connectivity index (χ4v) is 5.16. The highest BCUT2D eigenvalue weighted by atomic mass is 16.1. The average molecular weight is 506 g/mol. The fraction of sp³-hybridized carbons (Fsp3) is 0.912. The van der Waals surface area contributed by atoms with E-state index < -0.39 is 5.92 Å². The molecule has 0 fully saturated rings. The minimum absolute atomic E-state index is 0.0674. The van der Waals surface area contributed by atoms with Gasteiger partial charge < -0.3 is 0 Å². The first-order valence-electron chi connectivity index (χ1n) is 16.5. The molecule has 0 unspecified atom stereocenters. The molecule has 2 heteroatoms. The molecular formula is C34H65O2. The molecular weight excluding hydrogens is 440 g/mol. The second-order valence-corrected chi connectivity index (χ2v) is 11.5. The third kappa shape index (κ3) is 25.0. The van der Waals surface area contributed by atoms with Gasteiger partial charge in [0.15, 0.2) is 0 Å². The normalized spacial score (nSPS) is 11.4. The van der Waals surface area contributed by atoms with Gasteiger partial charge in [-0.05, 0) is 19.8 Å². The van der Waals surface area contributed by atoms with Crippen molar-refractivity contribution < 1.29 is 9.59 Å². The molecule has 0 aliphatic rings. The molecule has 0 aromatic rings. The summed E-state index contributed by atoms with van der Waals surface area (Å²) in [5.41, 5.74) is 0. The third-order valence-corrected chi connectivity index (χ3v) is 7.83. The number of hydrogen-bond acceptors (Lipinski definition) is 2. The molecule has 0 atom stereocenters. The Morgan fingerprint density at radius 2 is 0.583 bits per heavy atom. The van der Waals surface area contributed by atoms with Gasteiger partial charge in [-0.25, -0.2) is 0 Å². The zero-order chi connectivity index (χ0) is 26.5. The summed E-state index contributed by atoms with van der Waals surface area (Å²) >= 11 is 0. The van der Waals surface area contributed by atoms with Crippen molar-refractivity contribution in [2.45, 2.75) is 194 Å². The Bertz CT molecular complexity index is 428. The minimum Gasteiger partial charge on any atom is -0.299 e. The molecule has 1 radical (unpaired) electrons. The van der Waals surface area contributed by atoms with Crippen LogP contribution in [0.5, 0.6) is 0 Å².